The highest BCUT2D eigenvalue weighted by molar-refractivity contribution is 5.13. The van der Waals surface area contributed by atoms with Crippen molar-refractivity contribution in [3.8, 4) is 0 Å². The predicted octanol–water partition coefficient (Wildman–Crippen LogP) is 2.35. The molecule has 0 spiro atoms. The lowest BCUT2D eigenvalue weighted by Gasteiger charge is -2.16. The third kappa shape index (κ3) is 4.28. The van der Waals surface area contributed by atoms with Gasteiger partial charge in [-0.15, -0.1) is 6.58 Å². The van der Waals surface area contributed by atoms with E-state index in [1.807, 2.05) is 43.3 Å². The lowest BCUT2D eigenvalue weighted by atomic mass is 10.0. The van der Waals surface area contributed by atoms with Crippen molar-refractivity contribution in [1.82, 2.24) is 0 Å². The van der Waals surface area contributed by atoms with E-state index >= 15 is 0 Å². The van der Waals surface area contributed by atoms with Gasteiger partial charge in [-0.05, 0) is 11.5 Å². The Morgan fingerprint density at radius 3 is 2.67 bits per heavy atom. The summed E-state index contributed by atoms with van der Waals surface area (Å²) in [6.07, 6.45) is 1.86. The van der Waals surface area contributed by atoms with Gasteiger partial charge in [0.1, 0.15) is 0 Å². The molecule has 0 amide bonds. The molecular formula is C13H19NO. The van der Waals surface area contributed by atoms with Crippen LogP contribution >= 0.6 is 0 Å². The van der Waals surface area contributed by atoms with E-state index in [1.165, 1.54) is 5.56 Å². The number of hydrogen-bond donors (Lipinski definition) is 1. The smallest absolute Gasteiger partial charge is 0.0717 e. The number of hydrogen-bond acceptors (Lipinski definition) is 2. The highest BCUT2D eigenvalue weighted by Gasteiger charge is 2.08. The maximum absolute atomic E-state index is 5.90. The summed E-state index contributed by atoms with van der Waals surface area (Å²) in [5.74, 6) is 0.292. The number of rotatable bonds is 6. The summed E-state index contributed by atoms with van der Waals surface area (Å²) in [7, 11) is 0. The molecule has 0 aliphatic rings. The topological polar surface area (TPSA) is 35.2 Å². The van der Waals surface area contributed by atoms with E-state index in [4.69, 9.17) is 10.5 Å². The average Bonchev–Trinajstić information content (AvgIpc) is 2.29. The summed E-state index contributed by atoms with van der Waals surface area (Å²) in [4.78, 5) is 0. The monoisotopic (exact) mass is 205 g/mol. The van der Waals surface area contributed by atoms with Gasteiger partial charge in [-0.3, -0.25) is 0 Å². The van der Waals surface area contributed by atoms with Crippen LogP contribution in [0.15, 0.2) is 43.0 Å². The lowest BCUT2D eigenvalue weighted by molar-refractivity contribution is 0.100. The van der Waals surface area contributed by atoms with Gasteiger partial charge in [0.2, 0.25) is 0 Å². The molecule has 0 aromatic heterocycles. The zero-order valence-electron chi connectivity index (χ0n) is 9.23. The molecule has 0 aliphatic heterocycles. The fraction of sp³-hybridized carbons (Fsp3) is 0.385. The lowest BCUT2D eigenvalue weighted by Crippen LogP contribution is -2.32. The Bertz CT molecular complexity index is 284. The Hall–Kier alpha value is -1.12. The first kappa shape index (κ1) is 12.0. The summed E-state index contributed by atoms with van der Waals surface area (Å²) in [6, 6.07) is 10.1. The van der Waals surface area contributed by atoms with Gasteiger partial charge in [-0.25, -0.2) is 0 Å². The van der Waals surface area contributed by atoms with Crippen LogP contribution in [0.25, 0.3) is 0 Å². The van der Waals surface area contributed by atoms with Crippen molar-refractivity contribution in [3.63, 3.8) is 0 Å². The summed E-state index contributed by atoms with van der Waals surface area (Å²) in [5, 5.41) is 0. The van der Waals surface area contributed by atoms with E-state index in [9.17, 15) is 0 Å². The van der Waals surface area contributed by atoms with E-state index < -0.39 is 0 Å². The zero-order valence-corrected chi connectivity index (χ0v) is 9.23. The molecule has 0 heterocycles. The van der Waals surface area contributed by atoms with Crippen molar-refractivity contribution in [3.05, 3.63) is 48.6 Å². The normalized spacial score (nSPS) is 14.5. The fourth-order valence-electron chi connectivity index (χ4n) is 1.21. The SMILES string of the molecule is C=C[C@H](C)C(N)COCc1ccccc1. The third-order valence-corrected chi connectivity index (χ3v) is 2.47. The third-order valence-electron chi connectivity index (χ3n) is 2.47. The predicted molar refractivity (Wildman–Crippen MR) is 63.4 cm³/mol. The molecule has 1 aromatic rings. The van der Waals surface area contributed by atoms with E-state index in [1.54, 1.807) is 0 Å². The average molecular weight is 205 g/mol. The molecule has 0 bridgehead atoms. The van der Waals surface area contributed by atoms with Crippen LogP contribution in [0.3, 0.4) is 0 Å². The minimum Gasteiger partial charge on any atom is -0.375 e. The first-order valence-corrected chi connectivity index (χ1v) is 5.24. The van der Waals surface area contributed by atoms with Gasteiger partial charge < -0.3 is 10.5 Å². The largest absolute Gasteiger partial charge is 0.375 e. The molecule has 82 valence electrons. The second-order valence-electron chi connectivity index (χ2n) is 3.76. The van der Waals surface area contributed by atoms with Crippen molar-refractivity contribution < 1.29 is 4.74 Å². The molecule has 1 aromatic carbocycles. The maximum Gasteiger partial charge on any atom is 0.0717 e. The molecule has 2 N–H and O–H groups in total. The summed E-state index contributed by atoms with van der Waals surface area (Å²) in [6.45, 7) is 6.95. The zero-order chi connectivity index (χ0) is 11.1. The Balaban J connectivity index is 2.25. The molecule has 2 atom stereocenters. The molecule has 0 saturated carbocycles. The molecule has 0 aliphatic carbocycles. The van der Waals surface area contributed by atoms with Gasteiger partial charge in [0, 0.05) is 6.04 Å². The highest BCUT2D eigenvalue weighted by Crippen LogP contribution is 2.04. The van der Waals surface area contributed by atoms with Crippen LogP contribution in [-0.4, -0.2) is 12.6 Å². The van der Waals surface area contributed by atoms with Gasteiger partial charge in [0.25, 0.3) is 0 Å². The molecule has 1 unspecified atom stereocenters. The summed E-state index contributed by atoms with van der Waals surface area (Å²) < 4.78 is 5.53. The van der Waals surface area contributed by atoms with Gasteiger partial charge in [0.05, 0.1) is 13.2 Å². The molecule has 2 nitrogen and oxygen atoms in total. The van der Waals surface area contributed by atoms with Crippen molar-refractivity contribution >= 4 is 0 Å². The second kappa shape index (κ2) is 6.38. The molecule has 15 heavy (non-hydrogen) atoms. The van der Waals surface area contributed by atoms with E-state index in [0.717, 1.165) is 0 Å². The number of benzene rings is 1. The van der Waals surface area contributed by atoms with Crippen molar-refractivity contribution in [1.29, 1.82) is 0 Å². The van der Waals surface area contributed by atoms with Gasteiger partial charge in [-0.1, -0.05) is 43.3 Å². The van der Waals surface area contributed by atoms with Crippen LogP contribution in [0.2, 0.25) is 0 Å². The number of nitrogens with two attached hydrogens (primary N) is 1. The number of ether oxygens (including phenoxy) is 1. The quantitative estimate of drug-likeness (QED) is 0.723. The van der Waals surface area contributed by atoms with Crippen LogP contribution in [0.1, 0.15) is 12.5 Å². The van der Waals surface area contributed by atoms with Gasteiger partial charge in [0.15, 0.2) is 0 Å². The van der Waals surface area contributed by atoms with Crippen molar-refractivity contribution in [2.45, 2.75) is 19.6 Å². The van der Waals surface area contributed by atoms with E-state index in [-0.39, 0.29) is 6.04 Å². The molecule has 0 saturated heterocycles. The molecular weight excluding hydrogens is 186 g/mol. The Morgan fingerprint density at radius 1 is 1.40 bits per heavy atom. The first-order valence-electron chi connectivity index (χ1n) is 5.24. The first-order chi connectivity index (χ1) is 7.24. The molecule has 0 radical (unpaired) electrons. The Labute approximate surface area is 91.7 Å². The molecule has 1 rings (SSSR count). The minimum atomic E-state index is 0.0335. The van der Waals surface area contributed by atoms with E-state index in [2.05, 4.69) is 6.58 Å². The summed E-state index contributed by atoms with van der Waals surface area (Å²) >= 11 is 0. The second-order valence-corrected chi connectivity index (χ2v) is 3.76. The fourth-order valence-corrected chi connectivity index (χ4v) is 1.21. The van der Waals surface area contributed by atoms with Crippen LogP contribution in [0, 0.1) is 5.92 Å². The standard InChI is InChI=1S/C13H19NO/c1-3-11(2)13(14)10-15-9-12-7-5-4-6-8-12/h3-8,11,13H,1,9-10,14H2,2H3/t11-,13?/m0/s1. The van der Waals surface area contributed by atoms with Gasteiger partial charge in [-0.2, -0.15) is 0 Å². The minimum absolute atomic E-state index is 0.0335. The van der Waals surface area contributed by atoms with E-state index in [0.29, 0.717) is 19.1 Å². The Kier molecular flexibility index (Phi) is 5.08. The van der Waals surface area contributed by atoms with Crippen molar-refractivity contribution in [2.75, 3.05) is 6.61 Å². The highest BCUT2D eigenvalue weighted by atomic mass is 16.5. The molecule has 0 fully saturated rings. The van der Waals surface area contributed by atoms with Crippen LogP contribution < -0.4 is 5.73 Å². The van der Waals surface area contributed by atoms with Gasteiger partial charge >= 0.3 is 0 Å². The van der Waals surface area contributed by atoms with Crippen LogP contribution in [0.4, 0.5) is 0 Å². The molecule has 2 heteroatoms. The van der Waals surface area contributed by atoms with Crippen LogP contribution in [0.5, 0.6) is 0 Å². The van der Waals surface area contributed by atoms with Crippen molar-refractivity contribution in [2.24, 2.45) is 11.7 Å². The van der Waals surface area contributed by atoms with Crippen LogP contribution in [-0.2, 0) is 11.3 Å². The Morgan fingerprint density at radius 2 is 2.07 bits per heavy atom. The summed E-state index contributed by atoms with van der Waals surface area (Å²) in [5.41, 5.74) is 7.07. The maximum atomic E-state index is 5.90.